The van der Waals surface area contributed by atoms with Crippen LogP contribution in [-0.4, -0.2) is 33.7 Å². The van der Waals surface area contributed by atoms with Crippen molar-refractivity contribution in [1.29, 1.82) is 0 Å². The monoisotopic (exact) mass is 412 g/mol. The molecule has 4 rings (SSSR count). The van der Waals surface area contributed by atoms with E-state index in [9.17, 15) is 9.18 Å². The zero-order valence-corrected chi connectivity index (χ0v) is 16.6. The number of hydrogen-bond donors (Lipinski definition) is 1. The fraction of sp³-hybridized carbons (Fsp3) is 0.273. The van der Waals surface area contributed by atoms with Gasteiger partial charge in [0.05, 0.1) is 22.3 Å². The highest BCUT2D eigenvalue weighted by molar-refractivity contribution is 6.33. The number of rotatable bonds is 5. The molecular weight excluding hydrogens is 391 g/mol. The van der Waals surface area contributed by atoms with Gasteiger partial charge in [-0.25, -0.2) is 9.07 Å². The number of nitrogens with zero attached hydrogens (tertiary/aromatic N) is 3. The number of amides is 1. The fourth-order valence-electron chi connectivity index (χ4n) is 3.80. The lowest BCUT2D eigenvalue weighted by atomic mass is 9.97. The van der Waals surface area contributed by atoms with Crippen LogP contribution in [0.4, 0.5) is 4.39 Å². The summed E-state index contributed by atoms with van der Waals surface area (Å²) in [7, 11) is 0. The van der Waals surface area contributed by atoms with Crippen molar-refractivity contribution in [2.45, 2.75) is 19.4 Å². The molecule has 0 bridgehead atoms. The zero-order valence-electron chi connectivity index (χ0n) is 15.9. The van der Waals surface area contributed by atoms with Gasteiger partial charge in [0.25, 0.3) is 0 Å². The smallest absolute Gasteiger partial charge is 0.221 e. The molecule has 2 aromatic carbocycles. The van der Waals surface area contributed by atoms with Crippen molar-refractivity contribution in [1.82, 2.24) is 14.7 Å². The van der Waals surface area contributed by atoms with Gasteiger partial charge >= 0.3 is 0 Å². The number of hydrogen-bond acceptors (Lipinski definition) is 3. The summed E-state index contributed by atoms with van der Waals surface area (Å²) in [4.78, 5) is 13.9. The largest absolute Gasteiger partial charge is 0.369 e. The van der Waals surface area contributed by atoms with E-state index in [1.165, 1.54) is 12.1 Å². The second-order valence-corrected chi connectivity index (χ2v) is 7.79. The number of primary amides is 1. The van der Waals surface area contributed by atoms with Gasteiger partial charge in [0.15, 0.2) is 0 Å². The van der Waals surface area contributed by atoms with Crippen LogP contribution < -0.4 is 5.73 Å². The minimum absolute atomic E-state index is 0.125. The Labute approximate surface area is 173 Å². The molecule has 1 unspecified atom stereocenters. The zero-order chi connectivity index (χ0) is 20.4. The number of halogens is 2. The Bertz CT molecular complexity index is 1020. The topological polar surface area (TPSA) is 64.2 Å². The molecule has 2 heterocycles. The molecule has 7 heteroatoms. The highest BCUT2D eigenvalue weighted by atomic mass is 35.5. The van der Waals surface area contributed by atoms with Gasteiger partial charge < -0.3 is 5.73 Å². The Morgan fingerprint density at radius 3 is 2.69 bits per heavy atom. The molecule has 0 radical (unpaired) electrons. The average Bonchev–Trinajstić information content (AvgIpc) is 3.12. The lowest BCUT2D eigenvalue weighted by Gasteiger charge is -2.31. The van der Waals surface area contributed by atoms with Gasteiger partial charge in [-0.15, -0.1) is 0 Å². The highest BCUT2D eigenvalue weighted by Crippen LogP contribution is 2.31. The van der Waals surface area contributed by atoms with Crippen molar-refractivity contribution in [3.05, 3.63) is 71.1 Å². The van der Waals surface area contributed by atoms with Crippen LogP contribution in [0.15, 0.2) is 54.7 Å². The first-order valence-corrected chi connectivity index (χ1v) is 10.00. The van der Waals surface area contributed by atoms with E-state index >= 15 is 0 Å². The Morgan fingerprint density at radius 2 is 1.97 bits per heavy atom. The van der Waals surface area contributed by atoms with Crippen molar-refractivity contribution >= 4 is 17.5 Å². The summed E-state index contributed by atoms with van der Waals surface area (Å²) in [6, 6.07) is 13.8. The summed E-state index contributed by atoms with van der Waals surface area (Å²) in [5.41, 5.74) is 8.90. The molecule has 150 valence electrons. The summed E-state index contributed by atoms with van der Waals surface area (Å²) >= 11 is 6.44. The van der Waals surface area contributed by atoms with Crippen LogP contribution in [0.2, 0.25) is 5.02 Å². The molecule has 1 saturated heterocycles. The van der Waals surface area contributed by atoms with Crippen LogP contribution in [0.3, 0.4) is 0 Å². The second kappa shape index (κ2) is 8.35. The number of aromatic nitrogens is 2. The minimum Gasteiger partial charge on any atom is -0.369 e. The van der Waals surface area contributed by atoms with Crippen molar-refractivity contribution < 1.29 is 9.18 Å². The van der Waals surface area contributed by atoms with E-state index in [0.29, 0.717) is 18.1 Å². The summed E-state index contributed by atoms with van der Waals surface area (Å²) in [5.74, 6) is -0.666. The SMILES string of the molecule is NC(=O)C1CCCN(Cc2cn(-c3ccc(F)cc3)nc2-c2ccccc2Cl)C1. The van der Waals surface area contributed by atoms with Gasteiger partial charge in [-0.1, -0.05) is 29.8 Å². The number of piperidine rings is 1. The molecule has 0 spiro atoms. The van der Waals surface area contributed by atoms with E-state index < -0.39 is 0 Å². The van der Waals surface area contributed by atoms with E-state index in [0.717, 1.165) is 41.9 Å². The molecule has 0 aliphatic carbocycles. The highest BCUT2D eigenvalue weighted by Gasteiger charge is 2.25. The summed E-state index contributed by atoms with van der Waals surface area (Å²) in [6.07, 6.45) is 3.71. The van der Waals surface area contributed by atoms with Crippen molar-refractivity contribution in [3.8, 4) is 16.9 Å². The van der Waals surface area contributed by atoms with E-state index in [2.05, 4.69) is 4.90 Å². The minimum atomic E-state index is -0.293. The maximum atomic E-state index is 13.3. The molecule has 2 N–H and O–H groups in total. The van der Waals surface area contributed by atoms with Crippen LogP contribution in [0.1, 0.15) is 18.4 Å². The quantitative estimate of drug-likeness (QED) is 0.688. The Morgan fingerprint density at radius 1 is 1.21 bits per heavy atom. The summed E-state index contributed by atoms with van der Waals surface area (Å²) in [6.45, 7) is 2.16. The van der Waals surface area contributed by atoms with Crippen molar-refractivity contribution in [2.24, 2.45) is 11.7 Å². The first-order chi connectivity index (χ1) is 14.0. The van der Waals surface area contributed by atoms with E-state index in [1.807, 2.05) is 30.5 Å². The molecule has 0 saturated carbocycles. The molecule has 1 aliphatic rings. The molecule has 5 nitrogen and oxygen atoms in total. The van der Waals surface area contributed by atoms with Crippen LogP contribution >= 0.6 is 11.6 Å². The summed E-state index contributed by atoms with van der Waals surface area (Å²) in [5, 5.41) is 5.37. The molecule has 1 amide bonds. The van der Waals surface area contributed by atoms with Crippen LogP contribution in [0.25, 0.3) is 16.9 Å². The molecule has 29 heavy (non-hydrogen) atoms. The number of benzene rings is 2. The maximum absolute atomic E-state index is 13.3. The maximum Gasteiger partial charge on any atom is 0.221 e. The number of likely N-dealkylation sites (tertiary alicyclic amines) is 1. The van der Waals surface area contributed by atoms with Gasteiger partial charge in [-0.3, -0.25) is 9.69 Å². The van der Waals surface area contributed by atoms with Gasteiger partial charge in [0, 0.05) is 30.4 Å². The van der Waals surface area contributed by atoms with Crippen LogP contribution in [-0.2, 0) is 11.3 Å². The molecular formula is C22H22ClFN4O. The summed E-state index contributed by atoms with van der Waals surface area (Å²) < 4.78 is 15.1. The van der Waals surface area contributed by atoms with E-state index in [4.69, 9.17) is 22.4 Å². The Kier molecular flexibility index (Phi) is 5.65. The van der Waals surface area contributed by atoms with Crippen LogP contribution in [0, 0.1) is 11.7 Å². The lowest BCUT2D eigenvalue weighted by molar-refractivity contribution is -0.123. The van der Waals surface area contributed by atoms with Crippen LogP contribution in [0.5, 0.6) is 0 Å². The Balaban J connectivity index is 1.70. The third kappa shape index (κ3) is 4.33. The number of carbonyl (C=O) groups excluding carboxylic acids is 1. The van der Waals surface area contributed by atoms with Gasteiger partial charge in [-0.2, -0.15) is 5.10 Å². The van der Waals surface area contributed by atoms with Crippen molar-refractivity contribution in [3.63, 3.8) is 0 Å². The van der Waals surface area contributed by atoms with Gasteiger partial charge in [0.1, 0.15) is 5.82 Å². The number of nitrogens with two attached hydrogens (primary N) is 1. The average molecular weight is 413 g/mol. The standard InChI is InChI=1S/C22H22ClFN4O/c23-20-6-2-1-5-19(20)21-16(13-27-11-3-4-15(12-27)22(25)29)14-28(26-21)18-9-7-17(24)8-10-18/h1-2,5-10,14-15H,3-4,11-13H2,(H2,25,29). The predicted octanol–water partition coefficient (Wildman–Crippen LogP) is 4.03. The molecule has 1 aromatic heterocycles. The first-order valence-electron chi connectivity index (χ1n) is 9.62. The molecule has 1 aliphatic heterocycles. The third-order valence-electron chi connectivity index (χ3n) is 5.31. The Hall–Kier alpha value is -2.70. The first kappa shape index (κ1) is 19.6. The molecule has 1 atom stereocenters. The predicted molar refractivity (Wildman–Crippen MR) is 111 cm³/mol. The second-order valence-electron chi connectivity index (χ2n) is 7.38. The lowest BCUT2D eigenvalue weighted by Crippen LogP contribution is -2.40. The van der Waals surface area contributed by atoms with Crippen molar-refractivity contribution in [2.75, 3.05) is 13.1 Å². The van der Waals surface area contributed by atoms with E-state index in [1.54, 1.807) is 16.8 Å². The van der Waals surface area contributed by atoms with Gasteiger partial charge in [0.2, 0.25) is 5.91 Å². The number of carbonyl (C=O) groups is 1. The van der Waals surface area contributed by atoms with E-state index in [-0.39, 0.29) is 17.6 Å². The third-order valence-corrected chi connectivity index (χ3v) is 5.64. The fourth-order valence-corrected chi connectivity index (χ4v) is 4.03. The molecule has 3 aromatic rings. The normalized spacial score (nSPS) is 17.4. The van der Waals surface area contributed by atoms with Gasteiger partial charge in [-0.05, 0) is 49.7 Å². The molecule has 1 fully saturated rings.